The summed E-state index contributed by atoms with van der Waals surface area (Å²) in [5.74, 6) is 0.371. The molecular formula is C9H18INO. The summed E-state index contributed by atoms with van der Waals surface area (Å²) < 4.78 is 1.18. The van der Waals surface area contributed by atoms with Crippen LogP contribution in [0.25, 0.3) is 0 Å². The van der Waals surface area contributed by atoms with Gasteiger partial charge in [-0.25, -0.2) is 0 Å². The second kappa shape index (κ2) is 7.83. The van der Waals surface area contributed by atoms with Gasteiger partial charge in [0.05, 0.1) is 0 Å². The van der Waals surface area contributed by atoms with Crippen LogP contribution in [0.15, 0.2) is 0 Å². The molecule has 0 rings (SSSR count). The fourth-order valence-electron chi connectivity index (χ4n) is 0.791. The Morgan fingerprint density at radius 3 is 2.67 bits per heavy atom. The molecule has 1 amide bonds. The van der Waals surface area contributed by atoms with Gasteiger partial charge in [0.2, 0.25) is 5.91 Å². The van der Waals surface area contributed by atoms with Crippen molar-refractivity contribution in [2.75, 3.05) is 11.0 Å². The van der Waals surface area contributed by atoms with E-state index < -0.39 is 0 Å². The van der Waals surface area contributed by atoms with E-state index in [-0.39, 0.29) is 11.8 Å². The van der Waals surface area contributed by atoms with E-state index >= 15 is 0 Å². The first-order chi connectivity index (χ1) is 5.72. The monoisotopic (exact) mass is 283 g/mol. The molecule has 0 saturated heterocycles. The van der Waals surface area contributed by atoms with Crippen molar-refractivity contribution in [3.8, 4) is 0 Å². The van der Waals surface area contributed by atoms with E-state index in [4.69, 9.17) is 0 Å². The molecule has 0 spiro atoms. The molecule has 0 aromatic carbocycles. The van der Waals surface area contributed by atoms with E-state index in [1.807, 2.05) is 13.8 Å². The predicted octanol–water partition coefficient (Wildman–Crippen LogP) is 2.36. The van der Waals surface area contributed by atoms with E-state index in [1.54, 1.807) is 0 Å². The first kappa shape index (κ1) is 12.2. The van der Waals surface area contributed by atoms with Crippen molar-refractivity contribution < 1.29 is 4.79 Å². The lowest BCUT2D eigenvalue weighted by Gasteiger charge is -2.08. The molecule has 3 heteroatoms. The minimum absolute atomic E-state index is 0.171. The van der Waals surface area contributed by atoms with Gasteiger partial charge in [0.15, 0.2) is 0 Å². The van der Waals surface area contributed by atoms with Gasteiger partial charge in [-0.2, -0.15) is 0 Å². The molecule has 0 aliphatic heterocycles. The number of nitrogens with one attached hydrogen (secondary N) is 1. The lowest BCUT2D eigenvalue weighted by Crippen LogP contribution is -2.29. The fourth-order valence-corrected chi connectivity index (χ4v) is 1.33. The van der Waals surface area contributed by atoms with Crippen LogP contribution in [-0.2, 0) is 4.79 Å². The van der Waals surface area contributed by atoms with Crippen LogP contribution in [0.2, 0.25) is 0 Å². The molecule has 72 valence electrons. The van der Waals surface area contributed by atoms with Crippen molar-refractivity contribution >= 4 is 28.5 Å². The summed E-state index contributed by atoms with van der Waals surface area (Å²) in [7, 11) is 0. The molecule has 0 aromatic rings. The molecule has 12 heavy (non-hydrogen) atoms. The van der Waals surface area contributed by atoms with Crippen molar-refractivity contribution in [1.29, 1.82) is 0 Å². The largest absolute Gasteiger partial charge is 0.356 e. The summed E-state index contributed by atoms with van der Waals surface area (Å²) in [6.07, 6.45) is 3.23. The van der Waals surface area contributed by atoms with Crippen LogP contribution in [0, 0.1) is 5.92 Å². The Labute approximate surface area is 88.6 Å². The van der Waals surface area contributed by atoms with Crippen molar-refractivity contribution in [1.82, 2.24) is 5.32 Å². The molecule has 0 aromatic heterocycles. The molecule has 0 radical (unpaired) electrons. The van der Waals surface area contributed by atoms with Gasteiger partial charge in [-0.1, -0.05) is 36.4 Å². The van der Waals surface area contributed by atoms with E-state index in [2.05, 4.69) is 27.9 Å². The van der Waals surface area contributed by atoms with Gasteiger partial charge in [-0.3, -0.25) is 4.79 Å². The van der Waals surface area contributed by atoms with Crippen LogP contribution < -0.4 is 5.32 Å². The second-order valence-electron chi connectivity index (χ2n) is 3.00. The molecule has 1 atom stereocenters. The number of unbranched alkanes of at least 4 members (excludes halogenated alkanes) is 1. The van der Waals surface area contributed by atoms with Gasteiger partial charge in [0.1, 0.15) is 0 Å². The molecule has 0 saturated carbocycles. The number of rotatable bonds is 6. The molecule has 2 nitrogen and oxygen atoms in total. The van der Waals surface area contributed by atoms with Gasteiger partial charge in [0, 0.05) is 12.5 Å². The molecule has 0 heterocycles. The molecule has 0 fully saturated rings. The van der Waals surface area contributed by atoms with Gasteiger partial charge < -0.3 is 5.32 Å². The molecule has 1 N–H and O–H groups in total. The third kappa shape index (κ3) is 5.80. The zero-order chi connectivity index (χ0) is 9.40. The van der Waals surface area contributed by atoms with Gasteiger partial charge in [0.25, 0.3) is 0 Å². The highest BCUT2D eigenvalue weighted by atomic mass is 127. The third-order valence-corrected chi connectivity index (χ3v) is 2.68. The van der Waals surface area contributed by atoms with Crippen molar-refractivity contribution in [2.24, 2.45) is 5.92 Å². The average molecular weight is 283 g/mol. The number of carbonyl (C=O) groups is 1. The molecule has 1 unspecified atom stereocenters. The number of alkyl halides is 1. The first-order valence-electron chi connectivity index (χ1n) is 4.56. The molecular weight excluding hydrogens is 265 g/mol. The summed E-state index contributed by atoms with van der Waals surface area (Å²) in [4.78, 5) is 11.2. The topological polar surface area (TPSA) is 29.1 Å². The smallest absolute Gasteiger partial charge is 0.222 e. The maximum Gasteiger partial charge on any atom is 0.222 e. The summed E-state index contributed by atoms with van der Waals surface area (Å²) in [6, 6.07) is 0. The van der Waals surface area contributed by atoms with Gasteiger partial charge >= 0.3 is 0 Å². The molecule has 0 bridgehead atoms. The molecule has 0 aliphatic carbocycles. The van der Waals surface area contributed by atoms with Crippen molar-refractivity contribution in [3.05, 3.63) is 0 Å². The summed E-state index contributed by atoms with van der Waals surface area (Å²) >= 11 is 2.35. The highest BCUT2D eigenvalue weighted by molar-refractivity contribution is 14.1. The lowest BCUT2D eigenvalue weighted by molar-refractivity contribution is -0.124. The number of amides is 1. The molecule has 0 aliphatic rings. The Morgan fingerprint density at radius 2 is 2.17 bits per heavy atom. The number of carbonyl (C=O) groups excluding carboxylic acids is 1. The van der Waals surface area contributed by atoms with E-state index in [9.17, 15) is 4.79 Å². The van der Waals surface area contributed by atoms with Crippen molar-refractivity contribution in [2.45, 2.75) is 33.1 Å². The summed E-state index contributed by atoms with van der Waals surface area (Å²) in [5.41, 5.74) is 0. The highest BCUT2D eigenvalue weighted by Crippen LogP contribution is 2.00. The maximum atomic E-state index is 11.2. The fraction of sp³-hybridized carbons (Fsp3) is 0.889. The Hall–Kier alpha value is 0.200. The summed E-state index contributed by atoms with van der Waals surface area (Å²) in [6.45, 7) is 4.84. The van der Waals surface area contributed by atoms with Crippen LogP contribution in [0.4, 0.5) is 0 Å². The average Bonchev–Trinajstić information content (AvgIpc) is 2.10. The standard InChI is InChI=1S/C9H18INO/c1-3-8(2)9(12)11-7-5-4-6-10/h8H,3-7H2,1-2H3,(H,11,12). The Morgan fingerprint density at radius 1 is 1.50 bits per heavy atom. The van der Waals surface area contributed by atoms with Crippen LogP contribution in [0.1, 0.15) is 33.1 Å². The number of hydrogen-bond donors (Lipinski definition) is 1. The SMILES string of the molecule is CCC(C)C(=O)NCCCCI. The zero-order valence-corrected chi connectivity index (χ0v) is 10.1. The number of hydrogen-bond acceptors (Lipinski definition) is 1. The van der Waals surface area contributed by atoms with E-state index in [1.165, 1.54) is 10.8 Å². The minimum atomic E-state index is 0.171. The third-order valence-electron chi connectivity index (χ3n) is 1.92. The maximum absolute atomic E-state index is 11.2. The number of halogens is 1. The Balaban J connectivity index is 3.31. The van der Waals surface area contributed by atoms with Crippen LogP contribution >= 0.6 is 22.6 Å². The lowest BCUT2D eigenvalue weighted by atomic mass is 10.1. The Bertz CT molecular complexity index is 128. The zero-order valence-electron chi connectivity index (χ0n) is 7.90. The second-order valence-corrected chi connectivity index (χ2v) is 4.08. The van der Waals surface area contributed by atoms with Crippen molar-refractivity contribution in [3.63, 3.8) is 0 Å². The Kier molecular flexibility index (Phi) is 7.96. The summed E-state index contributed by atoms with van der Waals surface area (Å²) in [5, 5.41) is 2.93. The van der Waals surface area contributed by atoms with Gasteiger partial charge in [-0.15, -0.1) is 0 Å². The van der Waals surface area contributed by atoms with Gasteiger partial charge in [-0.05, 0) is 23.7 Å². The normalized spacial score (nSPS) is 12.6. The van der Waals surface area contributed by atoms with E-state index in [0.29, 0.717) is 0 Å². The quantitative estimate of drug-likeness (QED) is 0.452. The predicted molar refractivity (Wildman–Crippen MR) is 60.6 cm³/mol. The highest BCUT2D eigenvalue weighted by Gasteiger charge is 2.08. The van der Waals surface area contributed by atoms with Crippen LogP contribution in [0.3, 0.4) is 0 Å². The van der Waals surface area contributed by atoms with Crippen LogP contribution in [0.5, 0.6) is 0 Å². The first-order valence-corrected chi connectivity index (χ1v) is 6.08. The van der Waals surface area contributed by atoms with E-state index in [0.717, 1.165) is 19.4 Å². The van der Waals surface area contributed by atoms with Crippen LogP contribution in [-0.4, -0.2) is 16.9 Å². The minimum Gasteiger partial charge on any atom is -0.356 e.